The summed E-state index contributed by atoms with van der Waals surface area (Å²) >= 11 is 0. The largest absolute Gasteiger partial charge is 0.479 e. The second-order valence-electron chi connectivity index (χ2n) is 14.5. The summed E-state index contributed by atoms with van der Waals surface area (Å²) in [6.07, 6.45) is 27.7. The molecule has 0 amide bonds. The van der Waals surface area contributed by atoms with Gasteiger partial charge < -0.3 is 39.4 Å². The van der Waals surface area contributed by atoms with Crippen LogP contribution in [0, 0.1) is 0 Å². The van der Waals surface area contributed by atoms with Gasteiger partial charge in [-0.15, -0.1) is 0 Å². The fourth-order valence-corrected chi connectivity index (χ4v) is 6.06. The van der Waals surface area contributed by atoms with Gasteiger partial charge in [-0.1, -0.05) is 127 Å². The number of allylic oxidation sites excluding steroid dienone is 6. The normalized spacial score (nSPS) is 20.9. The van der Waals surface area contributed by atoms with E-state index < -0.39 is 61.3 Å². The van der Waals surface area contributed by atoms with Crippen LogP contribution < -0.4 is 0 Å². The van der Waals surface area contributed by atoms with Crippen molar-refractivity contribution in [1.29, 1.82) is 0 Å². The molecule has 1 aliphatic rings. The van der Waals surface area contributed by atoms with E-state index in [4.69, 9.17) is 18.9 Å². The molecule has 0 saturated carbocycles. The van der Waals surface area contributed by atoms with Crippen molar-refractivity contribution in [2.45, 2.75) is 205 Å². The third-order valence-electron chi connectivity index (χ3n) is 9.46. The Morgan fingerprint density at radius 1 is 0.574 bits per heavy atom. The standard InChI is InChI=1S/C43H74O11/c1-3-5-7-9-11-13-15-16-17-18-19-20-22-23-25-27-29-31-36(44)51-33-35(34-52-43-40(48)38(46)39(47)41(54-43)42(49)50)53-37(45)32-30-28-26-24-21-14-12-10-8-6-4-2/h10-13,16-17,35,38-41,43,46-48H,3-9,14-15,18-34H2,1-2H3,(H,49,50)/b12-10-,13-11-,17-16-. The Labute approximate surface area is 325 Å². The van der Waals surface area contributed by atoms with Gasteiger partial charge in [0.2, 0.25) is 0 Å². The van der Waals surface area contributed by atoms with Gasteiger partial charge in [-0.2, -0.15) is 0 Å². The Hall–Kier alpha value is -2.57. The fraction of sp³-hybridized carbons (Fsp3) is 0.791. The van der Waals surface area contributed by atoms with Crippen molar-refractivity contribution in [3.63, 3.8) is 0 Å². The summed E-state index contributed by atoms with van der Waals surface area (Å²) < 4.78 is 21.7. The second-order valence-corrected chi connectivity index (χ2v) is 14.5. The van der Waals surface area contributed by atoms with Gasteiger partial charge in [0, 0.05) is 12.8 Å². The van der Waals surface area contributed by atoms with E-state index in [1.807, 2.05) is 0 Å². The summed E-state index contributed by atoms with van der Waals surface area (Å²) in [4.78, 5) is 36.7. The Balaban J connectivity index is 2.39. The van der Waals surface area contributed by atoms with E-state index >= 15 is 0 Å². The number of rotatable bonds is 34. The highest BCUT2D eigenvalue weighted by atomic mass is 16.7. The van der Waals surface area contributed by atoms with E-state index in [1.54, 1.807) is 0 Å². The number of esters is 2. The van der Waals surface area contributed by atoms with Crippen molar-refractivity contribution in [3.8, 4) is 0 Å². The molecule has 1 saturated heterocycles. The lowest BCUT2D eigenvalue weighted by Crippen LogP contribution is -2.60. The maximum atomic E-state index is 12.7. The quantitative estimate of drug-likeness (QED) is 0.0282. The van der Waals surface area contributed by atoms with Crippen LogP contribution in [0.25, 0.3) is 0 Å². The number of ether oxygens (including phenoxy) is 4. The van der Waals surface area contributed by atoms with Crippen molar-refractivity contribution in [2.75, 3.05) is 13.2 Å². The maximum Gasteiger partial charge on any atom is 0.335 e. The molecule has 1 fully saturated rings. The molecule has 0 spiro atoms. The Morgan fingerprint density at radius 2 is 1.06 bits per heavy atom. The van der Waals surface area contributed by atoms with Gasteiger partial charge in [-0.05, 0) is 64.2 Å². The number of hydrogen-bond acceptors (Lipinski definition) is 10. The SMILES string of the molecule is CCCC/C=C\CCCCCCCC(=O)OC(COC(=O)CCCCCCCCC/C=C\C/C=C\CCCCC)COC1OC(C(=O)O)C(O)C(O)C1O. The highest BCUT2D eigenvalue weighted by Gasteiger charge is 2.47. The molecule has 1 aliphatic heterocycles. The fourth-order valence-electron chi connectivity index (χ4n) is 6.06. The highest BCUT2D eigenvalue weighted by molar-refractivity contribution is 5.73. The molecule has 0 aromatic heterocycles. The lowest BCUT2D eigenvalue weighted by atomic mass is 9.99. The molecule has 0 aromatic rings. The third kappa shape index (κ3) is 25.5. The average Bonchev–Trinajstić information content (AvgIpc) is 3.15. The van der Waals surface area contributed by atoms with E-state index in [0.29, 0.717) is 12.8 Å². The minimum atomic E-state index is -1.86. The lowest BCUT2D eigenvalue weighted by Gasteiger charge is -2.38. The number of aliphatic carboxylic acids is 1. The van der Waals surface area contributed by atoms with E-state index in [-0.39, 0.29) is 19.4 Å². The molecule has 312 valence electrons. The molecular formula is C43H74O11. The molecule has 4 N–H and O–H groups in total. The maximum absolute atomic E-state index is 12.7. The van der Waals surface area contributed by atoms with E-state index in [2.05, 4.69) is 50.3 Å². The van der Waals surface area contributed by atoms with Gasteiger partial charge in [0.1, 0.15) is 24.9 Å². The molecule has 6 unspecified atom stereocenters. The zero-order valence-corrected chi connectivity index (χ0v) is 33.5. The number of carboxylic acid groups (broad SMARTS) is 1. The summed E-state index contributed by atoms with van der Waals surface area (Å²) in [6, 6.07) is 0. The molecule has 0 aliphatic carbocycles. The smallest absolute Gasteiger partial charge is 0.335 e. The first-order chi connectivity index (χ1) is 26.2. The number of carbonyl (C=O) groups is 3. The molecule has 6 atom stereocenters. The zero-order valence-electron chi connectivity index (χ0n) is 33.5. The van der Waals surface area contributed by atoms with Crippen molar-refractivity contribution in [3.05, 3.63) is 36.5 Å². The van der Waals surface area contributed by atoms with Crippen LogP contribution in [0.3, 0.4) is 0 Å². The van der Waals surface area contributed by atoms with Gasteiger partial charge in [0.15, 0.2) is 18.5 Å². The Bertz CT molecular complexity index is 1040. The van der Waals surface area contributed by atoms with Crippen LogP contribution in [-0.4, -0.2) is 88.4 Å². The van der Waals surface area contributed by atoms with Crippen LogP contribution in [0.15, 0.2) is 36.5 Å². The van der Waals surface area contributed by atoms with E-state index in [0.717, 1.165) is 70.6 Å². The minimum absolute atomic E-state index is 0.170. The summed E-state index contributed by atoms with van der Waals surface area (Å²) in [5, 5.41) is 39.7. The summed E-state index contributed by atoms with van der Waals surface area (Å²) in [6.45, 7) is 3.72. The Kier molecular flexibility index (Phi) is 30.9. The van der Waals surface area contributed by atoms with Crippen LogP contribution in [-0.2, 0) is 33.3 Å². The van der Waals surface area contributed by atoms with E-state index in [9.17, 15) is 34.8 Å². The average molecular weight is 767 g/mol. The first-order valence-corrected chi connectivity index (χ1v) is 21.0. The molecule has 1 heterocycles. The number of hydrogen-bond donors (Lipinski definition) is 4. The molecule has 11 heteroatoms. The first kappa shape index (κ1) is 49.4. The van der Waals surface area contributed by atoms with Crippen molar-refractivity contribution < 1.29 is 53.8 Å². The predicted molar refractivity (Wildman–Crippen MR) is 211 cm³/mol. The third-order valence-corrected chi connectivity index (χ3v) is 9.46. The first-order valence-electron chi connectivity index (χ1n) is 21.0. The van der Waals surface area contributed by atoms with Gasteiger partial charge in [0.05, 0.1) is 6.61 Å². The van der Waals surface area contributed by atoms with Crippen LogP contribution in [0.4, 0.5) is 0 Å². The van der Waals surface area contributed by atoms with Crippen molar-refractivity contribution >= 4 is 17.9 Å². The van der Waals surface area contributed by atoms with Gasteiger partial charge in [-0.3, -0.25) is 9.59 Å². The number of carbonyl (C=O) groups excluding carboxylic acids is 2. The van der Waals surface area contributed by atoms with Crippen molar-refractivity contribution in [1.82, 2.24) is 0 Å². The van der Waals surface area contributed by atoms with Crippen LogP contribution in [0.2, 0.25) is 0 Å². The van der Waals surface area contributed by atoms with Crippen LogP contribution in [0.1, 0.15) is 168 Å². The predicted octanol–water partition coefficient (Wildman–Crippen LogP) is 8.42. The monoisotopic (exact) mass is 767 g/mol. The molecule has 1 rings (SSSR count). The van der Waals surface area contributed by atoms with Crippen LogP contribution >= 0.6 is 0 Å². The van der Waals surface area contributed by atoms with Crippen LogP contribution in [0.5, 0.6) is 0 Å². The topological polar surface area (TPSA) is 169 Å². The molecule has 0 aromatic carbocycles. The zero-order chi connectivity index (χ0) is 39.7. The van der Waals surface area contributed by atoms with Gasteiger partial charge >= 0.3 is 17.9 Å². The van der Waals surface area contributed by atoms with E-state index in [1.165, 1.54) is 57.8 Å². The molecule has 0 radical (unpaired) electrons. The molecule has 0 bridgehead atoms. The molecule has 54 heavy (non-hydrogen) atoms. The number of carboxylic acids is 1. The summed E-state index contributed by atoms with van der Waals surface area (Å²) in [7, 11) is 0. The highest BCUT2D eigenvalue weighted by Crippen LogP contribution is 2.23. The molecular weight excluding hydrogens is 692 g/mol. The number of unbranched alkanes of at least 4 members (excludes halogenated alkanes) is 17. The second kappa shape index (κ2) is 33.7. The number of aliphatic hydroxyl groups excluding tert-OH is 3. The lowest BCUT2D eigenvalue weighted by molar-refractivity contribution is -0.298. The summed E-state index contributed by atoms with van der Waals surface area (Å²) in [5.74, 6) is -2.47. The van der Waals surface area contributed by atoms with Gasteiger partial charge in [0.25, 0.3) is 0 Å². The van der Waals surface area contributed by atoms with Gasteiger partial charge in [-0.25, -0.2) is 4.79 Å². The summed E-state index contributed by atoms with van der Waals surface area (Å²) in [5.41, 5.74) is 0. The Morgan fingerprint density at radius 3 is 1.61 bits per heavy atom. The van der Waals surface area contributed by atoms with Crippen molar-refractivity contribution in [2.24, 2.45) is 0 Å². The minimum Gasteiger partial charge on any atom is -0.479 e. The number of aliphatic hydroxyl groups is 3. The molecule has 11 nitrogen and oxygen atoms in total.